The first-order chi connectivity index (χ1) is 20.8. The number of carbonyl (C=O) groups excluding carboxylic acids is 1. The van der Waals surface area contributed by atoms with Gasteiger partial charge in [0.25, 0.3) is 5.91 Å². The molecule has 0 radical (unpaired) electrons. The van der Waals surface area contributed by atoms with Crippen molar-refractivity contribution in [3.05, 3.63) is 94.3 Å². The molecule has 10 heteroatoms. The van der Waals surface area contributed by atoms with E-state index in [0.717, 1.165) is 22.5 Å². The van der Waals surface area contributed by atoms with Gasteiger partial charge in [-0.15, -0.1) is 0 Å². The Labute approximate surface area is 258 Å². The van der Waals surface area contributed by atoms with E-state index in [1.165, 1.54) is 25.3 Å². The predicted molar refractivity (Wildman–Crippen MR) is 167 cm³/mol. The number of carbonyl (C=O) groups is 1. The summed E-state index contributed by atoms with van der Waals surface area (Å²) in [5.41, 5.74) is 4.95. The number of nitrogens with zero attached hydrogens (tertiary/aromatic N) is 3. The van der Waals surface area contributed by atoms with Crippen molar-refractivity contribution >= 4 is 17.5 Å². The molecule has 4 heterocycles. The summed E-state index contributed by atoms with van der Waals surface area (Å²) in [7, 11) is 2.93. The van der Waals surface area contributed by atoms with Crippen LogP contribution in [-0.4, -0.2) is 36.6 Å². The second-order valence-corrected chi connectivity index (χ2v) is 12.2. The summed E-state index contributed by atoms with van der Waals surface area (Å²) in [5, 5.41) is 2.81. The van der Waals surface area contributed by atoms with Gasteiger partial charge in [0.1, 0.15) is 11.5 Å². The van der Waals surface area contributed by atoms with E-state index in [-0.39, 0.29) is 28.8 Å². The summed E-state index contributed by atoms with van der Waals surface area (Å²) in [5.74, 6) is 1.65. The van der Waals surface area contributed by atoms with Gasteiger partial charge >= 0.3 is 0 Å². The standard InChI is InChI=1S/C34H40N4O6/c1-20(2)18-38(19-24-11-10-14-42-24)32-36-30(40-8)28(31(37-32)41-9)35-29(39)27-13-12-23(43-27)16-22-17-26-25(15-21(22)3)33(4,5)44-34(26,6)7/h10-15,17H,1,16,18-19H2,2-9H3,(H,35,39). The zero-order valence-corrected chi connectivity index (χ0v) is 26.7. The molecular weight excluding hydrogens is 560 g/mol. The van der Waals surface area contributed by atoms with Crippen molar-refractivity contribution in [1.82, 2.24) is 9.97 Å². The van der Waals surface area contributed by atoms with Gasteiger partial charge in [0.05, 0.1) is 38.2 Å². The molecule has 1 amide bonds. The lowest BCUT2D eigenvalue weighted by molar-refractivity contribution is -0.105. The molecule has 5 rings (SSSR count). The quantitative estimate of drug-likeness (QED) is 0.183. The highest BCUT2D eigenvalue weighted by Gasteiger charge is 2.43. The highest BCUT2D eigenvalue weighted by molar-refractivity contribution is 6.03. The number of fused-ring (bicyclic) bond motifs is 1. The summed E-state index contributed by atoms with van der Waals surface area (Å²) in [6.45, 7) is 17.3. The second-order valence-electron chi connectivity index (χ2n) is 12.2. The minimum atomic E-state index is -0.486. The molecule has 0 unspecified atom stereocenters. The molecule has 0 fully saturated rings. The van der Waals surface area contributed by atoms with Crippen molar-refractivity contribution in [2.45, 2.75) is 65.7 Å². The molecule has 0 aliphatic carbocycles. The first kappa shape index (κ1) is 30.9. The van der Waals surface area contributed by atoms with E-state index in [2.05, 4.69) is 68.6 Å². The number of hydrogen-bond acceptors (Lipinski definition) is 9. The molecule has 3 aromatic heterocycles. The van der Waals surface area contributed by atoms with Crippen LogP contribution in [0.15, 0.2) is 63.6 Å². The van der Waals surface area contributed by atoms with Crippen LogP contribution in [0.2, 0.25) is 0 Å². The van der Waals surface area contributed by atoms with Gasteiger partial charge < -0.3 is 33.3 Å². The molecular formula is C34H40N4O6. The summed E-state index contributed by atoms with van der Waals surface area (Å²) in [6.07, 6.45) is 2.14. The average molecular weight is 601 g/mol. The zero-order chi connectivity index (χ0) is 31.8. The van der Waals surface area contributed by atoms with Crippen molar-refractivity contribution in [3.63, 3.8) is 0 Å². The maximum Gasteiger partial charge on any atom is 0.291 e. The summed E-state index contributed by atoms with van der Waals surface area (Å²) >= 11 is 0. The summed E-state index contributed by atoms with van der Waals surface area (Å²) in [4.78, 5) is 24.4. The van der Waals surface area contributed by atoms with Crippen LogP contribution in [0.1, 0.15) is 78.9 Å². The molecule has 0 bridgehead atoms. The minimum absolute atomic E-state index is 0.138. The molecule has 0 saturated heterocycles. The van der Waals surface area contributed by atoms with Crippen LogP contribution in [0.4, 0.5) is 11.6 Å². The number of aromatic nitrogens is 2. The van der Waals surface area contributed by atoms with Crippen molar-refractivity contribution < 1.29 is 27.8 Å². The third-order valence-corrected chi connectivity index (χ3v) is 7.66. The maximum atomic E-state index is 13.3. The largest absolute Gasteiger partial charge is 0.479 e. The van der Waals surface area contributed by atoms with Crippen LogP contribution >= 0.6 is 0 Å². The van der Waals surface area contributed by atoms with Crippen molar-refractivity contribution in [2.75, 3.05) is 31.0 Å². The Kier molecular flexibility index (Phi) is 8.31. The van der Waals surface area contributed by atoms with Gasteiger partial charge in [-0.2, -0.15) is 9.97 Å². The Morgan fingerprint density at radius 1 is 1.00 bits per heavy atom. The number of furan rings is 2. The predicted octanol–water partition coefficient (Wildman–Crippen LogP) is 6.91. The lowest BCUT2D eigenvalue weighted by Gasteiger charge is -2.24. The normalized spacial score (nSPS) is 14.6. The highest BCUT2D eigenvalue weighted by Crippen LogP contribution is 2.47. The lowest BCUT2D eigenvalue weighted by Crippen LogP contribution is -2.27. The fraction of sp³-hybridized carbons (Fsp3) is 0.382. The number of hydrogen-bond donors (Lipinski definition) is 1. The van der Waals surface area contributed by atoms with Gasteiger partial charge in [-0.3, -0.25) is 4.79 Å². The van der Waals surface area contributed by atoms with Crippen LogP contribution < -0.4 is 19.7 Å². The lowest BCUT2D eigenvalue weighted by atomic mass is 9.86. The Bertz CT molecular complexity index is 1660. The maximum absolute atomic E-state index is 13.3. The Balaban J connectivity index is 1.37. The number of amides is 1. The van der Waals surface area contributed by atoms with Crippen LogP contribution in [0.5, 0.6) is 11.8 Å². The fourth-order valence-electron chi connectivity index (χ4n) is 5.71. The van der Waals surface area contributed by atoms with Crippen LogP contribution in [0.3, 0.4) is 0 Å². The van der Waals surface area contributed by atoms with Gasteiger partial charge in [-0.25, -0.2) is 0 Å². The first-order valence-corrected chi connectivity index (χ1v) is 14.5. The third-order valence-electron chi connectivity index (χ3n) is 7.66. The number of aryl methyl sites for hydroxylation is 1. The second kappa shape index (κ2) is 11.8. The molecule has 0 saturated carbocycles. The number of nitrogens with one attached hydrogen (secondary N) is 1. The van der Waals surface area contributed by atoms with Gasteiger partial charge in [-0.1, -0.05) is 24.3 Å². The summed E-state index contributed by atoms with van der Waals surface area (Å²) < 4.78 is 29.0. The van der Waals surface area contributed by atoms with E-state index in [0.29, 0.717) is 31.2 Å². The minimum Gasteiger partial charge on any atom is -0.479 e. The fourth-order valence-corrected chi connectivity index (χ4v) is 5.71. The third kappa shape index (κ3) is 6.21. The topological polar surface area (TPSA) is 112 Å². The molecule has 0 atom stereocenters. The number of anilines is 2. The molecule has 44 heavy (non-hydrogen) atoms. The van der Waals surface area contributed by atoms with E-state index in [4.69, 9.17) is 23.0 Å². The van der Waals surface area contributed by atoms with Crippen LogP contribution in [0.25, 0.3) is 0 Å². The number of rotatable bonds is 11. The van der Waals surface area contributed by atoms with Gasteiger partial charge in [0, 0.05) is 13.0 Å². The van der Waals surface area contributed by atoms with Gasteiger partial charge in [0.15, 0.2) is 11.4 Å². The van der Waals surface area contributed by atoms with E-state index >= 15 is 0 Å². The Hall–Kier alpha value is -4.57. The number of benzene rings is 1. The zero-order valence-electron chi connectivity index (χ0n) is 26.7. The highest BCUT2D eigenvalue weighted by atomic mass is 16.5. The van der Waals surface area contributed by atoms with Crippen molar-refractivity contribution in [2.24, 2.45) is 0 Å². The molecule has 1 aliphatic rings. The molecule has 10 nitrogen and oxygen atoms in total. The molecule has 0 spiro atoms. The first-order valence-electron chi connectivity index (χ1n) is 14.5. The average Bonchev–Trinajstić information content (AvgIpc) is 3.68. The van der Waals surface area contributed by atoms with Crippen molar-refractivity contribution in [3.8, 4) is 11.8 Å². The Morgan fingerprint density at radius 2 is 1.66 bits per heavy atom. The SMILES string of the molecule is C=C(C)CN(Cc1ccco1)c1nc(OC)c(NC(=O)c2ccc(Cc3cc4c(cc3C)C(C)(C)OC4(C)C)o2)c(OC)n1. The molecule has 4 aromatic rings. The van der Waals surface area contributed by atoms with Crippen LogP contribution in [0, 0.1) is 6.92 Å². The van der Waals surface area contributed by atoms with Crippen LogP contribution in [-0.2, 0) is 28.9 Å². The number of ether oxygens (including phenoxy) is 3. The van der Waals surface area contributed by atoms with Gasteiger partial charge in [0.2, 0.25) is 17.7 Å². The molecule has 1 aliphatic heterocycles. The molecule has 1 N–H and O–H groups in total. The Morgan fingerprint density at radius 3 is 2.25 bits per heavy atom. The van der Waals surface area contributed by atoms with Crippen molar-refractivity contribution in [1.29, 1.82) is 0 Å². The molecule has 232 valence electrons. The summed E-state index contributed by atoms with van der Waals surface area (Å²) in [6, 6.07) is 11.5. The van der Waals surface area contributed by atoms with E-state index in [9.17, 15) is 4.79 Å². The molecule has 1 aromatic carbocycles. The van der Waals surface area contributed by atoms with E-state index < -0.39 is 11.5 Å². The number of methoxy groups -OCH3 is 2. The smallest absolute Gasteiger partial charge is 0.291 e. The van der Waals surface area contributed by atoms with E-state index in [1.807, 2.05) is 30.0 Å². The van der Waals surface area contributed by atoms with E-state index in [1.54, 1.807) is 12.3 Å². The van der Waals surface area contributed by atoms with Gasteiger partial charge in [-0.05, 0) is 88.1 Å². The monoisotopic (exact) mass is 600 g/mol.